The van der Waals surface area contributed by atoms with Gasteiger partial charge in [-0.1, -0.05) is 26.0 Å². The number of piperazine rings is 1. The van der Waals surface area contributed by atoms with Crippen LogP contribution in [0.25, 0.3) is 0 Å². The average molecular weight is 318 g/mol. The zero-order chi connectivity index (χ0) is 16.2. The Bertz CT molecular complexity index is 518. The molecule has 23 heavy (non-hydrogen) atoms. The first kappa shape index (κ1) is 16.7. The van der Waals surface area contributed by atoms with Gasteiger partial charge >= 0.3 is 0 Å². The summed E-state index contributed by atoms with van der Waals surface area (Å²) in [5.74, 6) is 1.74. The van der Waals surface area contributed by atoms with Crippen molar-refractivity contribution < 1.29 is 9.84 Å². The highest BCUT2D eigenvalue weighted by molar-refractivity contribution is 5.39. The van der Waals surface area contributed by atoms with E-state index in [1.54, 1.807) is 0 Å². The number of aliphatic hydroxyl groups excluding tert-OH is 1. The second kappa shape index (κ2) is 7.65. The predicted octanol–water partition coefficient (Wildman–Crippen LogP) is 2.15. The molecule has 1 N–H and O–H groups in total. The van der Waals surface area contributed by atoms with Crippen molar-refractivity contribution in [2.75, 3.05) is 39.4 Å². The van der Waals surface area contributed by atoms with Gasteiger partial charge in [0.25, 0.3) is 0 Å². The maximum atomic E-state index is 9.39. The molecule has 0 bridgehead atoms. The minimum absolute atomic E-state index is 0.281. The molecule has 0 spiro atoms. The number of aliphatic hydroxyl groups is 1. The van der Waals surface area contributed by atoms with Crippen molar-refractivity contribution in [1.82, 2.24) is 9.80 Å². The van der Waals surface area contributed by atoms with E-state index in [-0.39, 0.29) is 6.61 Å². The number of hydrogen-bond donors (Lipinski definition) is 1. The Labute approximate surface area is 140 Å². The highest BCUT2D eigenvalue weighted by Crippen LogP contribution is 2.27. The molecule has 0 aliphatic carbocycles. The summed E-state index contributed by atoms with van der Waals surface area (Å²) in [6, 6.07) is 7.11. The van der Waals surface area contributed by atoms with E-state index in [0.29, 0.717) is 12.0 Å². The number of rotatable bonds is 6. The van der Waals surface area contributed by atoms with Gasteiger partial charge in [0.2, 0.25) is 0 Å². The van der Waals surface area contributed by atoms with Crippen LogP contribution in [0.4, 0.5) is 0 Å². The number of nitrogens with zero attached hydrogens (tertiary/aromatic N) is 2. The van der Waals surface area contributed by atoms with Crippen LogP contribution in [0.1, 0.15) is 31.4 Å². The molecule has 1 atom stereocenters. The Balaban J connectivity index is 1.60. The van der Waals surface area contributed by atoms with Crippen LogP contribution in [-0.2, 0) is 13.0 Å². The smallest absolute Gasteiger partial charge is 0.122 e. The van der Waals surface area contributed by atoms with E-state index in [9.17, 15) is 5.11 Å². The van der Waals surface area contributed by atoms with E-state index in [0.717, 1.165) is 57.9 Å². The lowest BCUT2D eigenvalue weighted by atomic mass is 10.0. The SMILES string of the molecule is CC(C)CN1CCN(Cc2ccc3c(c2)CCO3)CC1CCO. The third kappa shape index (κ3) is 4.25. The normalized spacial score (nSPS) is 22.3. The van der Waals surface area contributed by atoms with Crippen molar-refractivity contribution in [2.45, 2.75) is 39.3 Å². The van der Waals surface area contributed by atoms with E-state index in [4.69, 9.17) is 4.74 Å². The van der Waals surface area contributed by atoms with Crippen molar-refractivity contribution in [3.05, 3.63) is 29.3 Å². The fourth-order valence-electron chi connectivity index (χ4n) is 3.83. The molecule has 2 aliphatic heterocycles. The first-order valence-electron chi connectivity index (χ1n) is 8.97. The maximum Gasteiger partial charge on any atom is 0.122 e. The molecular formula is C19H30N2O2. The molecule has 1 saturated heterocycles. The predicted molar refractivity (Wildman–Crippen MR) is 92.8 cm³/mol. The van der Waals surface area contributed by atoms with Gasteiger partial charge in [0.05, 0.1) is 6.61 Å². The van der Waals surface area contributed by atoms with E-state index >= 15 is 0 Å². The first-order chi connectivity index (χ1) is 11.2. The van der Waals surface area contributed by atoms with Crippen LogP contribution >= 0.6 is 0 Å². The van der Waals surface area contributed by atoms with Crippen molar-refractivity contribution in [1.29, 1.82) is 0 Å². The largest absolute Gasteiger partial charge is 0.493 e. The standard InChI is InChI=1S/C19H30N2O2/c1-15(2)12-21-8-7-20(14-18(21)5-9-22)13-16-3-4-19-17(11-16)6-10-23-19/h3-4,11,15,18,22H,5-10,12-14H2,1-2H3. The third-order valence-electron chi connectivity index (χ3n) is 4.91. The molecule has 2 heterocycles. The van der Waals surface area contributed by atoms with Crippen molar-refractivity contribution >= 4 is 0 Å². The molecule has 4 heteroatoms. The third-order valence-corrected chi connectivity index (χ3v) is 4.91. The van der Waals surface area contributed by atoms with E-state index in [1.807, 2.05) is 0 Å². The molecule has 3 rings (SSSR count). The van der Waals surface area contributed by atoms with Crippen molar-refractivity contribution in [3.63, 3.8) is 0 Å². The Hall–Kier alpha value is -1.10. The lowest BCUT2D eigenvalue weighted by Gasteiger charge is -2.42. The number of hydrogen-bond acceptors (Lipinski definition) is 4. The van der Waals surface area contributed by atoms with Gasteiger partial charge in [0.15, 0.2) is 0 Å². The average Bonchev–Trinajstić information content (AvgIpc) is 2.97. The molecule has 1 aromatic carbocycles. The summed E-state index contributed by atoms with van der Waals surface area (Å²) in [5, 5.41) is 9.39. The summed E-state index contributed by atoms with van der Waals surface area (Å²) in [4.78, 5) is 5.10. The quantitative estimate of drug-likeness (QED) is 0.872. The molecule has 0 saturated carbocycles. The minimum atomic E-state index is 0.281. The van der Waals surface area contributed by atoms with Crippen LogP contribution in [0.15, 0.2) is 18.2 Å². The lowest BCUT2D eigenvalue weighted by molar-refractivity contribution is 0.0477. The fraction of sp³-hybridized carbons (Fsp3) is 0.684. The van der Waals surface area contributed by atoms with Crippen LogP contribution in [0.2, 0.25) is 0 Å². The van der Waals surface area contributed by atoms with Crippen molar-refractivity contribution in [3.8, 4) is 5.75 Å². The number of ether oxygens (including phenoxy) is 1. The summed E-state index contributed by atoms with van der Waals surface area (Å²) < 4.78 is 5.60. The van der Waals surface area contributed by atoms with E-state index in [1.165, 1.54) is 11.1 Å². The number of benzene rings is 1. The Morgan fingerprint density at radius 3 is 2.96 bits per heavy atom. The number of fused-ring (bicyclic) bond motifs is 1. The molecule has 0 aromatic heterocycles. The van der Waals surface area contributed by atoms with Gasteiger partial charge in [-0.2, -0.15) is 0 Å². The summed E-state index contributed by atoms with van der Waals surface area (Å²) in [6.07, 6.45) is 1.92. The van der Waals surface area contributed by atoms with Gasteiger partial charge in [-0.05, 0) is 29.5 Å². The summed E-state index contributed by atoms with van der Waals surface area (Å²) in [6.45, 7) is 11.1. The second-order valence-electron chi connectivity index (χ2n) is 7.33. The van der Waals surface area contributed by atoms with Gasteiger partial charge in [-0.25, -0.2) is 0 Å². The van der Waals surface area contributed by atoms with E-state index in [2.05, 4.69) is 41.8 Å². The molecule has 4 nitrogen and oxygen atoms in total. The summed E-state index contributed by atoms with van der Waals surface area (Å²) >= 11 is 0. The van der Waals surface area contributed by atoms with Gasteiger partial charge in [-0.3, -0.25) is 9.80 Å². The first-order valence-corrected chi connectivity index (χ1v) is 8.97. The van der Waals surface area contributed by atoms with Gasteiger partial charge < -0.3 is 9.84 Å². The van der Waals surface area contributed by atoms with Gasteiger partial charge in [0, 0.05) is 51.8 Å². The zero-order valence-electron chi connectivity index (χ0n) is 14.5. The van der Waals surface area contributed by atoms with Crippen LogP contribution in [0, 0.1) is 5.92 Å². The van der Waals surface area contributed by atoms with Crippen LogP contribution < -0.4 is 4.74 Å². The second-order valence-corrected chi connectivity index (χ2v) is 7.33. The topological polar surface area (TPSA) is 35.9 Å². The molecule has 0 amide bonds. The highest BCUT2D eigenvalue weighted by Gasteiger charge is 2.27. The zero-order valence-corrected chi connectivity index (χ0v) is 14.5. The molecule has 1 fully saturated rings. The van der Waals surface area contributed by atoms with Gasteiger partial charge in [0.1, 0.15) is 5.75 Å². The van der Waals surface area contributed by atoms with Crippen LogP contribution in [0.3, 0.4) is 0 Å². The molecule has 1 aromatic rings. The molecular weight excluding hydrogens is 288 g/mol. The molecule has 0 radical (unpaired) electrons. The van der Waals surface area contributed by atoms with Crippen LogP contribution in [0.5, 0.6) is 5.75 Å². The lowest BCUT2D eigenvalue weighted by Crippen LogP contribution is -2.53. The fourth-order valence-corrected chi connectivity index (χ4v) is 3.83. The Morgan fingerprint density at radius 2 is 2.17 bits per heavy atom. The Kier molecular flexibility index (Phi) is 5.57. The molecule has 1 unspecified atom stereocenters. The molecule has 128 valence electrons. The van der Waals surface area contributed by atoms with Crippen molar-refractivity contribution in [2.24, 2.45) is 5.92 Å². The Morgan fingerprint density at radius 1 is 1.30 bits per heavy atom. The van der Waals surface area contributed by atoms with Crippen LogP contribution in [-0.4, -0.2) is 60.3 Å². The molecule has 2 aliphatic rings. The summed E-state index contributed by atoms with van der Waals surface area (Å²) in [7, 11) is 0. The monoisotopic (exact) mass is 318 g/mol. The maximum absolute atomic E-state index is 9.39. The minimum Gasteiger partial charge on any atom is -0.493 e. The van der Waals surface area contributed by atoms with E-state index < -0.39 is 0 Å². The highest BCUT2D eigenvalue weighted by atomic mass is 16.5. The summed E-state index contributed by atoms with van der Waals surface area (Å²) in [5.41, 5.74) is 2.74. The van der Waals surface area contributed by atoms with Gasteiger partial charge in [-0.15, -0.1) is 0 Å².